The van der Waals surface area contributed by atoms with Crippen LogP contribution in [0, 0.1) is 5.41 Å². The van der Waals surface area contributed by atoms with Gasteiger partial charge in [0.2, 0.25) is 0 Å². The molecule has 0 fully saturated rings. The number of benzene rings is 1. The Morgan fingerprint density at radius 3 is 1.89 bits per heavy atom. The van der Waals surface area contributed by atoms with Crippen molar-refractivity contribution in [3.8, 4) is 0 Å². The highest BCUT2D eigenvalue weighted by Crippen LogP contribution is 2.36. The Morgan fingerprint density at radius 1 is 0.889 bits per heavy atom. The van der Waals surface area contributed by atoms with Gasteiger partial charge in [0.25, 0.3) is 0 Å². The summed E-state index contributed by atoms with van der Waals surface area (Å²) in [4.78, 5) is 0. The molecule has 1 aromatic carbocycles. The molecule has 18 heavy (non-hydrogen) atoms. The standard InChI is InChI=1S/C18H30/c1-7-8-9-15-10-12-16(13-11-15)18(5,6)14-17(2,3)4/h10-13H,7-9,14H2,1-6H3. The lowest BCUT2D eigenvalue weighted by molar-refractivity contribution is 0.284. The number of rotatable bonds is 5. The molecule has 0 aromatic heterocycles. The molecule has 0 saturated carbocycles. The summed E-state index contributed by atoms with van der Waals surface area (Å²) in [5, 5.41) is 0. The van der Waals surface area contributed by atoms with E-state index in [4.69, 9.17) is 0 Å². The minimum atomic E-state index is 0.265. The van der Waals surface area contributed by atoms with E-state index in [2.05, 4.69) is 65.8 Å². The Balaban J connectivity index is 2.77. The van der Waals surface area contributed by atoms with Gasteiger partial charge in [0.05, 0.1) is 0 Å². The van der Waals surface area contributed by atoms with E-state index in [1.807, 2.05) is 0 Å². The number of aryl methyl sites for hydroxylation is 1. The lowest BCUT2D eigenvalue weighted by atomic mass is 9.72. The first-order valence-corrected chi connectivity index (χ1v) is 7.34. The Kier molecular flexibility index (Phi) is 5.01. The van der Waals surface area contributed by atoms with Crippen LogP contribution in [0.2, 0.25) is 0 Å². The predicted octanol–water partition coefficient (Wildman–Crippen LogP) is 5.74. The minimum Gasteiger partial charge on any atom is -0.0654 e. The zero-order chi connectivity index (χ0) is 13.8. The summed E-state index contributed by atoms with van der Waals surface area (Å²) in [7, 11) is 0. The first-order valence-electron chi connectivity index (χ1n) is 7.34. The topological polar surface area (TPSA) is 0 Å². The quantitative estimate of drug-likeness (QED) is 0.621. The second-order valence-electron chi connectivity index (χ2n) is 7.42. The molecule has 0 aliphatic rings. The van der Waals surface area contributed by atoms with Crippen molar-refractivity contribution in [3.63, 3.8) is 0 Å². The molecule has 1 rings (SSSR count). The molecule has 0 saturated heterocycles. The third kappa shape index (κ3) is 4.84. The van der Waals surface area contributed by atoms with E-state index < -0.39 is 0 Å². The summed E-state index contributed by atoms with van der Waals surface area (Å²) < 4.78 is 0. The van der Waals surface area contributed by atoms with Gasteiger partial charge in [-0.25, -0.2) is 0 Å². The van der Waals surface area contributed by atoms with Gasteiger partial charge in [0.15, 0.2) is 0 Å². The Hall–Kier alpha value is -0.780. The molecular weight excluding hydrogens is 216 g/mol. The Bertz CT molecular complexity index is 349. The molecule has 0 aliphatic heterocycles. The fourth-order valence-corrected chi connectivity index (χ4v) is 2.93. The molecule has 0 N–H and O–H groups in total. The van der Waals surface area contributed by atoms with Crippen LogP contribution in [-0.4, -0.2) is 0 Å². The summed E-state index contributed by atoms with van der Waals surface area (Å²) in [5.41, 5.74) is 3.59. The van der Waals surface area contributed by atoms with Crippen molar-refractivity contribution in [2.45, 2.75) is 72.6 Å². The SMILES string of the molecule is CCCCc1ccc(C(C)(C)CC(C)(C)C)cc1. The smallest absolute Gasteiger partial charge is 0.00986 e. The van der Waals surface area contributed by atoms with Crippen LogP contribution < -0.4 is 0 Å². The van der Waals surface area contributed by atoms with Crippen LogP contribution in [0.4, 0.5) is 0 Å². The van der Waals surface area contributed by atoms with E-state index in [1.54, 1.807) is 0 Å². The van der Waals surface area contributed by atoms with Crippen LogP contribution in [0.15, 0.2) is 24.3 Å². The molecule has 0 bridgehead atoms. The van der Waals surface area contributed by atoms with Gasteiger partial charge in [-0.15, -0.1) is 0 Å². The van der Waals surface area contributed by atoms with Crippen molar-refractivity contribution in [2.75, 3.05) is 0 Å². The van der Waals surface area contributed by atoms with E-state index >= 15 is 0 Å². The summed E-state index contributed by atoms with van der Waals surface area (Å²) in [6.45, 7) is 13.9. The molecule has 0 nitrogen and oxygen atoms in total. The Labute approximate surface area is 114 Å². The number of unbranched alkanes of at least 4 members (excludes halogenated alkanes) is 1. The minimum absolute atomic E-state index is 0.265. The van der Waals surface area contributed by atoms with Gasteiger partial charge in [-0.1, -0.05) is 72.2 Å². The first-order chi connectivity index (χ1) is 8.24. The van der Waals surface area contributed by atoms with Gasteiger partial charge in [0, 0.05) is 0 Å². The average Bonchev–Trinajstić information content (AvgIpc) is 2.23. The molecule has 0 heteroatoms. The molecule has 0 heterocycles. The van der Waals surface area contributed by atoms with Gasteiger partial charge >= 0.3 is 0 Å². The van der Waals surface area contributed by atoms with Crippen LogP contribution in [-0.2, 0) is 11.8 Å². The molecular formula is C18H30. The van der Waals surface area contributed by atoms with Crippen LogP contribution in [0.1, 0.15) is 71.9 Å². The Morgan fingerprint density at radius 2 is 1.44 bits per heavy atom. The second kappa shape index (κ2) is 5.91. The van der Waals surface area contributed by atoms with Crippen molar-refractivity contribution in [1.29, 1.82) is 0 Å². The molecule has 0 unspecified atom stereocenters. The van der Waals surface area contributed by atoms with Gasteiger partial charge in [0.1, 0.15) is 0 Å². The van der Waals surface area contributed by atoms with E-state index in [9.17, 15) is 0 Å². The maximum Gasteiger partial charge on any atom is -0.00986 e. The molecule has 102 valence electrons. The molecule has 0 atom stereocenters. The van der Waals surface area contributed by atoms with Gasteiger partial charge in [-0.3, -0.25) is 0 Å². The summed E-state index contributed by atoms with van der Waals surface area (Å²) >= 11 is 0. The van der Waals surface area contributed by atoms with Crippen molar-refractivity contribution in [3.05, 3.63) is 35.4 Å². The second-order valence-corrected chi connectivity index (χ2v) is 7.42. The maximum absolute atomic E-state index is 2.36. The zero-order valence-corrected chi connectivity index (χ0v) is 13.1. The number of hydrogen-bond donors (Lipinski definition) is 0. The first kappa shape index (κ1) is 15.3. The summed E-state index contributed by atoms with van der Waals surface area (Å²) in [6, 6.07) is 9.29. The lowest BCUT2D eigenvalue weighted by Gasteiger charge is -2.33. The van der Waals surface area contributed by atoms with E-state index in [1.165, 1.54) is 36.8 Å². The van der Waals surface area contributed by atoms with Gasteiger partial charge < -0.3 is 0 Å². The zero-order valence-electron chi connectivity index (χ0n) is 13.1. The van der Waals surface area contributed by atoms with Crippen molar-refractivity contribution in [2.24, 2.45) is 5.41 Å². The molecule has 0 radical (unpaired) electrons. The monoisotopic (exact) mass is 246 g/mol. The highest BCUT2D eigenvalue weighted by Gasteiger charge is 2.26. The van der Waals surface area contributed by atoms with E-state index in [0.29, 0.717) is 5.41 Å². The van der Waals surface area contributed by atoms with E-state index in [0.717, 1.165) is 0 Å². The fourth-order valence-electron chi connectivity index (χ4n) is 2.93. The average molecular weight is 246 g/mol. The molecule has 0 amide bonds. The molecule has 0 spiro atoms. The highest BCUT2D eigenvalue weighted by molar-refractivity contribution is 5.28. The van der Waals surface area contributed by atoms with Crippen molar-refractivity contribution < 1.29 is 0 Å². The van der Waals surface area contributed by atoms with Gasteiger partial charge in [-0.05, 0) is 41.2 Å². The third-order valence-corrected chi connectivity index (χ3v) is 3.53. The normalized spacial score (nSPS) is 12.8. The van der Waals surface area contributed by atoms with Crippen molar-refractivity contribution >= 4 is 0 Å². The lowest BCUT2D eigenvalue weighted by Crippen LogP contribution is -2.24. The van der Waals surface area contributed by atoms with E-state index in [-0.39, 0.29) is 5.41 Å². The van der Waals surface area contributed by atoms with Crippen LogP contribution >= 0.6 is 0 Å². The largest absolute Gasteiger partial charge is 0.0654 e. The summed E-state index contributed by atoms with van der Waals surface area (Å²) in [5.74, 6) is 0. The summed E-state index contributed by atoms with van der Waals surface area (Å²) in [6.07, 6.45) is 5.01. The van der Waals surface area contributed by atoms with Crippen LogP contribution in [0.25, 0.3) is 0 Å². The predicted molar refractivity (Wildman–Crippen MR) is 82.2 cm³/mol. The molecule has 1 aromatic rings. The van der Waals surface area contributed by atoms with Crippen LogP contribution in [0.5, 0.6) is 0 Å². The third-order valence-electron chi connectivity index (χ3n) is 3.53. The number of hydrogen-bond acceptors (Lipinski definition) is 0. The van der Waals surface area contributed by atoms with Crippen molar-refractivity contribution in [1.82, 2.24) is 0 Å². The van der Waals surface area contributed by atoms with Gasteiger partial charge in [-0.2, -0.15) is 0 Å². The fraction of sp³-hybridized carbons (Fsp3) is 0.667. The highest BCUT2D eigenvalue weighted by atomic mass is 14.3. The maximum atomic E-state index is 2.36. The molecule has 0 aliphatic carbocycles. The van der Waals surface area contributed by atoms with Crippen LogP contribution in [0.3, 0.4) is 0 Å².